The average Bonchev–Trinajstić information content (AvgIpc) is 2.71. The highest BCUT2D eigenvalue weighted by Gasteiger charge is 2.14. The number of carbonyl (C=O) groups excluding carboxylic acids is 1. The maximum Gasteiger partial charge on any atom is 0.255 e. The molecule has 0 atom stereocenters. The Kier molecular flexibility index (Phi) is 5.96. The van der Waals surface area contributed by atoms with Crippen LogP contribution in [0.25, 0.3) is 0 Å². The normalized spacial score (nSPS) is 10.4. The molecule has 2 aromatic carbocycles. The molecule has 0 spiro atoms. The lowest BCUT2D eigenvalue weighted by atomic mass is 10.1. The van der Waals surface area contributed by atoms with Gasteiger partial charge in [-0.3, -0.25) is 4.79 Å². The zero-order valence-corrected chi connectivity index (χ0v) is 15.7. The zero-order valence-electron chi connectivity index (χ0n) is 14.9. The van der Waals surface area contributed by atoms with Crippen molar-refractivity contribution in [3.63, 3.8) is 0 Å². The van der Waals surface area contributed by atoms with Crippen LogP contribution in [0.1, 0.15) is 15.9 Å². The van der Waals surface area contributed by atoms with Crippen LogP contribution in [0.3, 0.4) is 0 Å². The van der Waals surface area contributed by atoms with Gasteiger partial charge in [0.1, 0.15) is 12.4 Å². The highest BCUT2D eigenvalue weighted by atomic mass is 35.5. The maximum absolute atomic E-state index is 14.8. The summed E-state index contributed by atoms with van der Waals surface area (Å²) in [6.45, 7) is -0.110. The molecule has 1 amide bonds. The van der Waals surface area contributed by atoms with Crippen LogP contribution in [0, 0.1) is 5.82 Å². The van der Waals surface area contributed by atoms with Gasteiger partial charge in [0.25, 0.3) is 5.91 Å². The molecule has 3 aromatic rings. The molecular weight excluding hydrogens is 385 g/mol. The number of benzene rings is 2. The Morgan fingerprint density at radius 2 is 2.04 bits per heavy atom. The molecule has 6 nitrogen and oxygen atoms in total. The summed E-state index contributed by atoms with van der Waals surface area (Å²) in [5.41, 5.74) is 6.34. The van der Waals surface area contributed by atoms with Gasteiger partial charge in [0, 0.05) is 23.4 Å². The Morgan fingerprint density at radius 3 is 2.82 bits per heavy atom. The monoisotopic (exact) mass is 401 g/mol. The molecule has 0 radical (unpaired) electrons. The van der Waals surface area contributed by atoms with Crippen LogP contribution in [-0.2, 0) is 6.61 Å². The molecular formula is C20H17ClFN3O3. The van der Waals surface area contributed by atoms with E-state index >= 15 is 0 Å². The maximum atomic E-state index is 14.8. The van der Waals surface area contributed by atoms with E-state index in [-0.39, 0.29) is 29.4 Å². The van der Waals surface area contributed by atoms with Crippen molar-refractivity contribution >= 4 is 29.0 Å². The second-order valence-corrected chi connectivity index (χ2v) is 6.23. The summed E-state index contributed by atoms with van der Waals surface area (Å²) in [7, 11) is 1.50. The van der Waals surface area contributed by atoms with Gasteiger partial charge in [-0.15, -0.1) is 0 Å². The number of carbonyl (C=O) groups is 1. The number of hydrogen-bond donors (Lipinski definition) is 2. The fourth-order valence-electron chi connectivity index (χ4n) is 2.45. The molecule has 0 aliphatic rings. The highest BCUT2D eigenvalue weighted by molar-refractivity contribution is 6.30. The molecule has 0 fully saturated rings. The van der Waals surface area contributed by atoms with Crippen LogP contribution in [0.5, 0.6) is 11.5 Å². The van der Waals surface area contributed by atoms with E-state index in [0.717, 1.165) is 0 Å². The van der Waals surface area contributed by atoms with Gasteiger partial charge >= 0.3 is 0 Å². The lowest BCUT2D eigenvalue weighted by Gasteiger charge is -2.12. The predicted octanol–water partition coefficient (Wildman–Crippen LogP) is 4.30. The third-order valence-corrected chi connectivity index (χ3v) is 4.10. The summed E-state index contributed by atoms with van der Waals surface area (Å²) >= 11 is 5.86. The molecule has 1 heterocycles. The number of ether oxygens (including phenoxy) is 2. The number of nitrogens with one attached hydrogen (secondary N) is 1. The number of hydrogen-bond acceptors (Lipinski definition) is 5. The van der Waals surface area contributed by atoms with E-state index in [1.165, 1.54) is 25.4 Å². The van der Waals surface area contributed by atoms with Crippen LogP contribution >= 0.6 is 11.6 Å². The molecule has 3 N–H and O–H groups in total. The molecule has 0 saturated carbocycles. The van der Waals surface area contributed by atoms with Crippen LogP contribution in [-0.4, -0.2) is 18.0 Å². The second kappa shape index (κ2) is 8.58. The number of rotatable bonds is 6. The van der Waals surface area contributed by atoms with Gasteiger partial charge in [-0.25, -0.2) is 9.37 Å². The molecule has 0 unspecified atom stereocenters. The molecule has 0 bridgehead atoms. The van der Waals surface area contributed by atoms with E-state index in [1.54, 1.807) is 36.4 Å². The van der Waals surface area contributed by atoms with Gasteiger partial charge in [0.05, 0.1) is 17.8 Å². The molecule has 28 heavy (non-hydrogen) atoms. The number of amides is 1. The topological polar surface area (TPSA) is 86.5 Å². The van der Waals surface area contributed by atoms with Crippen molar-refractivity contribution in [3.8, 4) is 11.5 Å². The smallest absolute Gasteiger partial charge is 0.255 e. The lowest BCUT2D eigenvalue weighted by Crippen LogP contribution is -2.14. The zero-order chi connectivity index (χ0) is 20.1. The number of nitrogens with zero attached hydrogens (tertiary/aromatic N) is 1. The van der Waals surface area contributed by atoms with E-state index in [1.807, 2.05) is 0 Å². The van der Waals surface area contributed by atoms with Crippen LogP contribution < -0.4 is 20.5 Å². The first kappa shape index (κ1) is 19.4. The van der Waals surface area contributed by atoms with Crippen molar-refractivity contribution in [2.45, 2.75) is 6.61 Å². The van der Waals surface area contributed by atoms with Crippen molar-refractivity contribution in [2.24, 2.45) is 0 Å². The number of nitrogens with two attached hydrogens (primary N) is 1. The summed E-state index contributed by atoms with van der Waals surface area (Å²) < 4.78 is 25.4. The summed E-state index contributed by atoms with van der Waals surface area (Å²) in [5.74, 6) is -0.139. The van der Waals surface area contributed by atoms with Crippen LogP contribution in [0.4, 0.5) is 15.9 Å². The lowest BCUT2D eigenvalue weighted by molar-refractivity contribution is 0.102. The minimum Gasteiger partial charge on any atom is -0.497 e. The van der Waals surface area contributed by atoms with Gasteiger partial charge in [0.15, 0.2) is 17.4 Å². The first-order valence-corrected chi connectivity index (χ1v) is 8.62. The van der Waals surface area contributed by atoms with Gasteiger partial charge in [-0.2, -0.15) is 0 Å². The Morgan fingerprint density at radius 1 is 1.25 bits per heavy atom. The molecule has 8 heteroatoms. The molecule has 3 rings (SSSR count). The van der Waals surface area contributed by atoms with Crippen molar-refractivity contribution in [1.82, 2.24) is 4.98 Å². The van der Waals surface area contributed by atoms with Gasteiger partial charge in [0.2, 0.25) is 0 Å². The third kappa shape index (κ3) is 4.50. The fraction of sp³-hybridized carbons (Fsp3) is 0.100. The number of pyridine rings is 1. The van der Waals surface area contributed by atoms with E-state index in [4.69, 9.17) is 26.8 Å². The third-order valence-electron chi connectivity index (χ3n) is 3.89. The van der Waals surface area contributed by atoms with Crippen molar-refractivity contribution in [1.29, 1.82) is 0 Å². The van der Waals surface area contributed by atoms with Gasteiger partial charge in [-0.05, 0) is 24.3 Å². The fourth-order valence-corrected chi connectivity index (χ4v) is 2.60. The number of halogens is 2. The van der Waals surface area contributed by atoms with E-state index in [9.17, 15) is 9.18 Å². The van der Waals surface area contributed by atoms with E-state index in [2.05, 4.69) is 10.3 Å². The summed E-state index contributed by atoms with van der Waals surface area (Å²) in [6, 6.07) is 12.7. The van der Waals surface area contributed by atoms with Crippen molar-refractivity contribution in [3.05, 3.63) is 76.7 Å². The molecule has 144 valence electrons. The van der Waals surface area contributed by atoms with Gasteiger partial charge in [-0.1, -0.05) is 29.8 Å². The van der Waals surface area contributed by atoms with Crippen molar-refractivity contribution in [2.75, 3.05) is 18.2 Å². The first-order valence-electron chi connectivity index (χ1n) is 8.24. The van der Waals surface area contributed by atoms with Crippen LogP contribution in [0.2, 0.25) is 5.02 Å². The molecule has 0 aliphatic carbocycles. The number of nitrogen functional groups attached to an aromatic ring is 1. The Hall–Kier alpha value is -3.32. The first-order chi connectivity index (χ1) is 13.5. The second-order valence-electron chi connectivity index (χ2n) is 5.79. The van der Waals surface area contributed by atoms with Crippen molar-refractivity contribution < 1.29 is 18.7 Å². The van der Waals surface area contributed by atoms with E-state index < -0.39 is 11.7 Å². The number of aromatic nitrogens is 1. The Balaban J connectivity index is 1.75. The van der Waals surface area contributed by atoms with E-state index in [0.29, 0.717) is 16.3 Å². The SMILES string of the molecule is COc1cccc(C(=O)Nc2cccc(COc3cc(Cl)cnc3N)c2F)c1. The predicted molar refractivity (Wildman–Crippen MR) is 105 cm³/mol. The minimum absolute atomic E-state index is 0.0334. The summed E-state index contributed by atoms with van der Waals surface area (Å²) in [6.07, 6.45) is 1.39. The average molecular weight is 402 g/mol. The quantitative estimate of drug-likeness (QED) is 0.643. The van der Waals surface area contributed by atoms with Gasteiger partial charge < -0.3 is 20.5 Å². The summed E-state index contributed by atoms with van der Waals surface area (Å²) in [4.78, 5) is 16.3. The molecule has 0 saturated heterocycles. The summed E-state index contributed by atoms with van der Waals surface area (Å²) in [5, 5.41) is 2.90. The number of methoxy groups -OCH3 is 1. The Labute approximate surface area is 166 Å². The minimum atomic E-state index is -0.604. The number of anilines is 2. The Bertz CT molecular complexity index is 1010. The molecule has 0 aliphatic heterocycles. The largest absolute Gasteiger partial charge is 0.497 e. The van der Waals surface area contributed by atoms with Crippen LogP contribution in [0.15, 0.2) is 54.7 Å². The standard InChI is InChI=1S/C20H17ClFN3O3/c1-27-15-6-2-4-12(8-15)20(26)25-16-7-3-5-13(18(16)22)11-28-17-9-14(21)10-24-19(17)23/h2-10H,11H2,1H3,(H2,23,24)(H,25,26). The highest BCUT2D eigenvalue weighted by Crippen LogP contribution is 2.25. The molecule has 1 aromatic heterocycles.